The zero-order valence-corrected chi connectivity index (χ0v) is 13.1. The normalized spacial score (nSPS) is 0. The van der Waals surface area contributed by atoms with Crippen molar-refractivity contribution in [2.24, 2.45) is 0 Å². The van der Waals surface area contributed by atoms with Crippen LogP contribution in [0.2, 0.25) is 0 Å². The van der Waals surface area contributed by atoms with Gasteiger partial charge in [0.1, 0.15) is 0 Å². The van der Waals surface area contributed by atoms with Crippen LogP contribution >= 0.6 is 0 Å². The van der Waals surface area contributed by atoms with Crippen molar-refractivity contribution in [3.63, 3.8) is 0 Å². The predicted octanol–water partition coefficient (Wildman–Crippen LogP) is -1.08. The van der Waals surface area contributed by atoms with Crippen molar-refractivity contribution in [3.05, 3.63) is 0 Å². The van der Waals surface area contributed by atoms with Gasteiger partial charge in [0.15, 0.2) is 0 Å². The maximum atomic E-state index is 0. The third-order valence-corrected chi connectivity index (χ3v) is 0. The Hall–Kier alpha value is 2.83. The Morgan fingerprint density at radius 3 is 1.25 bits per heavy atom. The van der Waals surface area contributed by atoms with Crippen molar-refractivity contribution in [2.45, 2.75) is 0 Å². The largest absolute Gasteiger partial charge is 0 e. The molecule has 16 valence electrons. The molecule has 0 aromatic heterocycles. The molecule has 0 radical (unpaired) electrons. The number of hydrogen-bond acceptors (Lipinski definition) is 0. The molecule has 0 spiro atoms. The van der Waals surface area contributed by atoms with E-state index in [4.69, 9.17) is 0 Å². The van der Waals surface area contributed by atoms with E-state index in [1.54, 1.807) is 0 Å². The van der Waals surface area contributed by atoms with Gasteiger partial charge < -0.3 is 2.85 Å². The summed E-state index contributed by atoms with van der Waals surface area (Å²) in [4.78, 5) is 0. The molecule has 0 heterocycles. The first kappa shape index (κ1) is 29.0. The van der Waals surface area contributed by atoms with Crippen LogP contribution in [0.4, 0.5) is 0 Å². The third kappa shape index (κ3) is 8.85. The summed E-state index contributed by atoms with van der Waals surface area (Å²) in [6.45, 7) is 0. The Morgan fingerprint density at radius 2 is 1.25 bits per heavy atom. The molecule has 0 fully saturated rings. The van der Waals surface area contributed by atoms with E-state index in [1.165, 1.54) is 0 Å². The SMILES string of the molecule is [Cd].[H-].[H-].[Mg+2].[SeH2].[Zn]. The molecule has 0 saturated carbocycles. The summed E-state index contributed by atoms with van der Waals surface area (Å²) in [6, 6.07) is 0. The van der Waals surface area contributed by atoms with Crippen LogP contribution in [-0.4, -0.2) is 40.1 Å². The molecule has 0 bridgehead atoms. The van der Waals surface area contributed by atoms with Crippen molar-refractivity contribution in [2.75, 3.05) is 0 Å². The van der Waals surface area contributed by atoms with Crippen LogP contribution in [0, 0.1) is 0 Å². The standard InChI is InChI=1S/Cd.Mg.H2Se.Zn.2H/h;;1H2;;;/q;+2;;;2*-1. The summed E-state index contributed by atoms with van der Waals surface area (Å²) in [7, 11) is 0. The maximum Gasteiger partial charge on any atom is 0 e. The molecule has 0 atom stereocenters. The van der Waals surface area contributed by atoms with Gasteiger partial charge in [0.2, 0.25) is 0 Å². The number of rotatable bonds is 0. The molecular formula is H4CdMgSeZn. The van der Waals surface area contributed by atoms with Crippen molar-refractivity contribution in [1.29, 1.82) is 0 Å². The van der Waals surface area contributed by atoms with Crippen molar-refractivity contribution >= 4 is 40.1 Å². The van der Waals surface area contributed by atoms with Crippen LogP contribution in [0.25, 0.3) is 0 Å². The van der Waals surface area contributed by atoms with Gasteiger partial charge in [-0.15, -0.1) is 0 Å². The quantitative estimate of drug-likeness (QED) is 0.497. The maximum absolute atomic E-state index is 0. The van der Waals surface area contributed by atoms with Gasteiger partial charge >= 0.3 is 40.1 Å². The molecule has 0 nitrogen and oxygen atoms in total. The van der Waals surface area contributed by atoms with Crippen LogP contribution in [0.5, 0.6) is 0 Å². The summed E-state index contributed by atoms with van der Waals surface area (Å²) in [5.41, 5.74) is 0. The monoisotopic (exact) mass is 286 g/mol. The molecule has 0 saturated heterocycles. The minimum Gasteiger partial charge on any atom is 0 e. The van der Waals surface area contributed by atoms with Gasteiger partial charge in [-0.05, 0) is 0 Å². The van der Waals surface area contributed by atoms with Crippen LogP contribution in [0.3, 0.4) is 0 Å². The second-order valence-corrected chi connectivity index (χ2v) is 0. The minimum atomic E-state index is 0. The molecule has 0 amide bonds. The molecule has 4 heteroatoms. The molecule has 4 heavy (non-hydrogen) atoms. The van der Waals surface area contributed by atoms with E-state index in [1.807, 2.05) is 0 Å². The first-order valence-electron chi connectivity index (χ1n) is 0. The van der Waals surface area contributed by atoms with E-state index in [2.05, 4.69) is 0 Å². The fourth-order valence-electron chi connectivity index (χ4n) is 0. The van der Waals surface area contributed by atoms with Gasteiger partial charge in [-0.25, -0.2) is 0 Å². The smallest absolute Gasteiger partial charge is 0 e. The fourth-order valence-corrected chi connectivity index (χ4v) is 0. The molecule has 0 aromatic rings. The molecule has 0 aliphatic carbocycles. The van der Waals surface area contributed by atoms with E-state index in [0.29, 0.717) is 0 Å². The van der Waals surface area contributed by atoms with Crippen LogP contribution in [0.15, 0.2) is 0 Å². The minimum absolute atomic E-state index is 0. The topological polar surface area (TPSA) is 0 Å². The average Bonchev–Trinajstić information content (AvgIpc) is 0. The molecule has 0 unspecified atom stereocenters. The van der Waals surface area contributed by atoms with Gasteiger partial charge in [0.25, 0.3) is 0 Å². The molecule has 0 rings (SSSR count). The number of hydrogen-bond donors (Lipinski definition) is 0. The Morgan fingerprint density at radius 1 is 1.25 bits per heavy atom. The van der Waals surface area contributed by atoms with E-state index in [0.717, 1.165) is 0 Å². The zero-order valence-electron chi connectivity index (χ0n) is 4.62. The summed E-state index contributed by atoms with van der Waals surface area (Å²) >= 11 is 0. The van der Waals surface area contributed by atoms with Crippen LogP contribution < -0.4 is 0 Å². The predicted molar refractivity (Wildman–Crippen MR) is 16.5 cm³/mol. The molecule has 0 aliphatic heterocycles. The summed E-state index contributed by atoms with van der Waals surface area (Å²) < 4.78 is 0. The van der Waals surface area contributed by atoms with Gasteiger partial charge in [-0.3, -0.25) is 0 Å². The molecule has 0 aliphatic rings. The van der Waals surface area contributed by atoms with Gasteiger partial charge in [-0.2, -0.15) is 0 Å². The van der Waals surface area contributed by atoms with Gasteiger partial charge in [0, 0.05) is 46.8 Å². The van der Waals surface area contributed by atoms with E-state index >= 15 is 0 Å². The van der Waals surface area contributed by atoms with E-state index in [9.17, 15) is 0 Å². The van der Waals surface area contributed by atoms with E-state index < -0.39 is 0 Å². The molecule has 0 N–H and O–H groups in total. The second kappa shape index (κ2) is 17.0. The summed E-state index contributed by atoms with van der Waals surface area (Å²) in [5, 5.41) is 0. The Kier molecular flexibility index (Phi) is 123. The Bertz CT molecular complexity index is 13.5. The van der Waals surface area contributed by atoms with Gasteiger partial charge in [-0.1, -0.05) is 0 Å². The summed E-state index contributed by atoms with van der Waals surface area (Å²) in [6.07, 6.45) is 0. The Labute approximate surface area is 88.4 Å². The van der Waals surface area contributed by atoms with Crippen molar-refractivity contribution in [3.8, 4) is 0 Å². The zero-order chi connectivity index (χ0) is 0. The van der Waals surface area contributed by atoms with E-state index in [-0.39, 0.29) is 89.8 Å². The van der Waals surface area contributed by atoms with Crippen LogP contribution in [-0.2, 0) is 46.8 Å². The second-order valence-electron chi connectivity index (χ2n) is 0. The van der Waals surface area contributed by atoms with Crippen molar-refractivity contribution < 1.29 is 49.6 Å². The first-order valence-corrected chi connectivity index (χ1v) is 0. The Balaban J connectivity index is 0. The summed E-state index contributed by atoms with van der Waals surface area (Å²) in [5.74, 6) is 0. The third-order valence-electron chi connectivity index (χ3n) is 0. The fraction of sp³-hybridized carbons (Fsp3) is 0. The average molecular weight is 285 g/mol. The van der Waals surface area contributed by atoms with Crippen LogP contribution in [0.1, 0.15) is 2.85 Å². The first-order chi connectivity index (χ1) is 0. The molecular weight excluding hydrogens is 281 g/mol. The molecule has 0 aromatic carbocycles. The van der Waals surface area contributed by atoms with Crippen molar-refractivity contribution in [1.82, 2.24) is 0 Å². The van der Waals surface area contributed by atoms with Gasteiger partial charge in [0.05, 0.1) is 0 Å².